The van der Waals surface area contributed by atoms with Crippen LogP contribution in [0.5, 0.6) is 0 Å². The molecule has 0 unspecified atom stereocenters. The summed E-state index contributed by atoms with van der Waals surface area (Å²) < 4.78 is 3.52. The lowest BCUT2D eigenvalue weighted by molar-refractivity contribution is 0.628. The van der Waals surface area contributed by atoms with Gasteiger partial charge in [0.1, 0.15) is 0 Å². The summed E-state index contributed by atoms with van der Waals surface area (Å²) in [6, 6.07) is 10.2. The minimum atomic E-state index is -0.280. The number of allylic oxidation sites excluding steroid dienone is 1. The quantitative estimate of drug-likeness (QED) is 0.309. The zero-order valence-corrected chi connectivity index (χ0v) is 23.3. The zero-order chi connectivity index (χ0) is 26.5. The van der Waals surface area contributed by atoms with Crippen molar-refractivity contribution in [1.29, 1.82) is 0 Å². The van der Waals surface area contributed by atoms with E-state index in [1.54, 1.807) is 9.36 Å². The highest BCUT2D eigenvalue weighted by atomic mass is 35.5. The molecule has 0 saturated carbocycles. The molecule has 9 heteroatoms. The smallest absolute Gasteiger partial charge is 0.256 e. The van der Waals surface area contributed by atoms with E-state index >= 15 is 0 Å². The van der Waals surface area contributed by atoms with Gasteiger partial charge in [0.05, 0.1) is 11.4 Å². The van der Waals surface area contributed by atoms with Gasteiger partial charge in [-0.05, 0) is 70.0 Å². The number of rotatable bonds is 6. The van der Waals surface area contributed by atoms with Gasteiger partial charge in [-0.3, -0.25) is 0 Å². The van der Waals surface area contributed by atoms with Crippen molar-refractivity contribution in [3.63, 3.8) is 0 Å². The van der Waals surface area contributed by atoms with Crippen LogP contribution in [0.25, 0.3) is 18.0 Å². The summed E-state index contributed by atoms with van der Waals surface area (Å²) in [5.41, 5.74) is 6.94. The molecule has 1 aromatic carbocycles. The van der Waals surface area contributed by atoms with Crippen LogP contribution >= 0.6 is 11.6 Å². The normalized spacial score (nSPS) is 15.6. The molecule has 4 heterocycles. The van der Waals surface area contributed by atoms with E-state index in [1.807, 2.05) is 45.9 Å². The second-order valence-electron chi connectivity index (χ2n) is 10.3. The highest BCUT2D eigenvalue weighted by Gasteiger charge is 2.40. The summed E-state index contributed by atoms with van der Waals surface area (Å²) in [7, 11) is 0. The van der Waals surface area contributed by atoms with Gasteiger partial charge in [-0.25, -0.2) is 9.36 Å². The number of hydrogen-bond acceptors (Lipinski definition) is 6. The minimum Gasteiger partial charge on any atom is -0.344 e. The molecule has 0 N–H and O–H groups in total. The fourth-order valence-corrected chi connectivity index (χ4v) is 5.25. The predicted molar refractivity (Wildman–Crippen MR) is 148 cm³/mol. The van der Waals surface area contributed by atoms with Crippen LogP contribution in [0.3, 0.4) is 0 Å². The lowest BCUT2D eigenvalue weighted by Crippen LogP contribution is -2.27. The molecule has 0 amide bonds. The Morgan fingerprint density at radius 2 is 1.46 bits per heavy atom. The lowest BCUT2D eigenvalue weighted by Gasteiger charge is -2.27. The first-order valence-corrected chi connectivity index (χ1v) is 13.1. The minimum absolute atomic E-state index is 0.280. The van der Waals surface area contributed by atoms with Crippen molar-refractivity contribution < 1.29 is 0 Å². The highest BCUT2D eigenvalue weighted by molar-refractivity contribution is 6.30. The fourth-order valence-electron chi connectivity index (χ4n) is 5.07. The van der Waals surface area contributed by atoms with Crippen LogP contribution in [0.15, 0.2) is 36.0 Å². The van der Waals surface area contributed by atoms with Crippen LogP contribution in [0.1, 0.15) is 67.8 Å². The van der Waals surface area contributed by atoms with Crippen LogP contribution in [0, 0.1) is 27.7 Å². The number of benzene rings is 1. The van der Waals surface area contributed by atoms with Crippen LogP contribution in [0.2, 0.25) is 5.02 Å². The summed E-state index contributed by atoms with van der Waals surface area (Å²) >= 11 is 6.43. The molecule has 0 aliphatic carbocycles. The maximum Gasteiger partial charge on any atom is 0.256 e. The van der Waals surface area contributed by atoms with Gasteiger partial charge in [0.15, 0.2) is 5.82 Å². The van der Waals surface area contributed by atoms with Crippen molar-refractivity contribution >= 4 is 23.4 Å². The molecule has 0 bridgehead atoms. The number of fused-ring (bicyclic) bond motifs is 1. The van der Waals surface area contributed by atoms with E-state index in [-0.39, 0.29) is 5.41 Å². The Morgan fingerprint density at radius 1 is 0.865 bits per heavy atom. The van der Waals surface area contributed by atoms with Gasteiger partial charge in [-0.2, -0.15) is 25.1 Å². The van der Waals surface area contributed by atoms with Crippen molar-refractivity contribution in [2.45, 2.75) is 66.7 Å². The Bertz CT molecular complexity index is 1450. The van der Waals surface area contributed by atoms with Gasteiger partial charge in [-0.1, -0.05) is 38.8 Å². The molecule has 37 heavy (non-hydrogen) atoms. The number of anilines is 1. The van der Waals surface area contributed by atoms with Gasteiger partial charge in [0.25, 0.3) is 11.9 Å². The van der Waals surface area contributed by atoms with Gasteiger partial charge in [0.2, 0.25) is 0 Å². The van der Waals surface area contributed by atoms with E-state index in [0.29, 0.717) is 17.7 Å². The summed E-state index contributed by atoms with van der Waals surface area (Å²) in [6.45, 7) is 15.5. The molecule has 8 nitrogen and oxygen atoms in total. The van der Waals surface area contributed by atoms with E-state index in [9.17, 15) is 0 Å². The lowest BCUT2D eigenvalue weighted by atomic mass is 9.83. The van der Waals surface area contributed by atoms with Crippen molar-refractivity contribution in [3.05, 3.63) is 75.2 Å². The molecule has 192 valence electrons. The molecule has 0 atom stereocenters. The number of halogens is 1. The number of aromatic nitrogens is 7. The summed E-state index contributed by atoms with van der Waals surface area (Å²) in [4.78, 5) is 16.9. The van der Waals surface area contributed by atoms with E-state index in [2.05, 4.69) is 54.1 Å². The first kappa shape index (κ1) is 25.1. The van der Waals surface area contributed by atoms with Crippen LogP contribution in [0.4, 0.5) is 5.69 Å². The molecular weight excluding hydrogens is 484 g/mol. The third-order valence-electron chi connectivity index (χ3n) is 6.88. The van der Waals surface area contributed by atoms with Crippen LogP contribution < -0.4 is 4.90 Å². The predicted octanol–water partition coefficient (Wildman–Crippen LogP) is 6.07. The van der Waals surface area contributed by atoms with Crippen LogP contribution in [-0.4, -0.2) is 41.1 Å². The third-order valence-corrected chi connectivity index (χ3v) is 7.12. The van der Waals surface area contributed by atoms with E-state index in [0.717, 1.165) is 52.9 Å². The van der Waals surface area contributed by atoms with Crippen molar-refractivity contribution in [3.8, 4) is 11.9 Å². The summed E-state index contributed by atoms with van der Waals surface area (Å²) in [6.07, 6.45) is 4.25. The van der Waals surface area contributed by atoms with Gasteiger partial charge in [0, 0.05) is 45.8 Å². The summed E-state index contributed by atoms with van der Waals surface area (Å²) in [5.74, 6) is 1.49. The average Bonchev–Trinajstić information content (AvgIpc) is 3.43. The first-order chi connectivity index (χ1) is 17.6. The monoisotopic (exact) mass is 516 g/mol. The van der Waals surface area contributed by atoms with Gasteiger partial charge in [-0.15, -0.1) is 0 Å². The Balaban J connectivity index is 1.71. The van der Waals surface area contributed by atoms with E-state index < -0.39 is 0 Å². The van der Waals surface area contributed by atoms with Crippen LogP contribution in [-0.2, 0) is 5.41 Å². The largest absolute Gasteiger partial charge is 0.344 e. The molecule has 3 aromatic heterocycles. The molecule has 1 aliphatic rings. The van der Waals surface area contributed by atoms with Gasteiger partial charge >= 0.3 is 0 Å². The zero-order valence-electron chi connectivity index (χ0n) is 22.5. The third kappa shape index (κ3) is 4.55. The highest BCUT2D eigenvalue weighted by Crippen LogP contribution is 2.49. The topological polar surface area (TPSA) is 77.5 Å². The standard InChI is InChI=1S/C28H33ClN8/c1-8-9-12-35-23-11-10-21(29)15-22(23)28(6,7)24(35)16-25-30-26(36-19(4)13-17(2)33-36)32-27(31-25)37-20(5)14-18(3)34-37/h10-11,13-16H,8-9,12H2,1-7H3/b24-16-. The molecule has 5 rings (SSSR count). The second-order valence-corrected chi connectivity index (χ2v) is 10.7. The van der Waals surface area contributed by atoms with E-state index in [4.69, 9.17) is 26.6 Å². The molecule has 0 fully saturated rings. The number of aryl methyl sites for hydroxylation is 4. The Morgan fingerprint density at radius 3 is 1.97 bits per heavy atom. The number of nitrogens with zero attached hydrogens (tertiary/aromatic N) is 8. The summed E-state index contributed by atoms with van der Waals surface area (Å²) in [5, 5.41) is 10.00. The van der Waals surface area contributed by atoms with Gasteiger partial charge < -0.3 is 4.90 Å². The maximum atomic E-state index is 6.43. The van der Waals surface area contributed by atoms with Crippen molar-refractivity contribution in [1.82, 2.24) is 34.5 Å². The number of hydrogen-bond donors (Lipinski definition) is 0. The molecular formula is C28H33ClN8. The maximum absolute atomic E-state index is 6.43. The van der Waals surface area contributed by atoms with E-state index in [1.165, 1.54) is 11.3 Å². The second kappa shape index (κ2) is 9.41. The van der Waals surface area contributed by atoms with Crippen molar-refractivity contribution in [2.24, 2.45) is 0 Å². The number of unbranched alkanes of at least 4 members (excludes halogenated alkanes) is 1. The molecule has 1 aliphatic heterocycles. The van der Waals surface area contributed by atoms with Crippen molar-refractivity contribution in [2.75, 3.05) is 11.4 Å². The average molecular weight is 517 g/mol. The Labute approximate surface area is 223 Å². The molecule has 0 saturated heterocycles. The molecule has 4 aromatic rings. The fraction of sp³-hybridized carbons (Fsp3) is 0.393. The SMILES string of the molecule is CCCCN1/C(=C\c2nc(-n3nc(C)cc3C)nc(-n3nc(C)cc3C)n2)C(C)(C)c2cc(Cl)ccc21. The molecule has 0 spiro atoms. The molecule has 0 radical (unpaired) electrons. The Kier molecular flexibility index (Phi) is 6.40. The Hall–Kier alpha value is -3.52. The first-order valence-electron chi connectivity index (χ1n) is 12.7.